The number of hydrogen-bond acceptors (Lipinski definition) is 1. The van der Waals surface area contributed by atoms with Crippen LogP contribution in [0.4, 0.5) is 0 Å². The predicted molar refractivity (Wildman–Crippen MR) is 38.1 cm³/mol. The molecular formula is C7H14ClNO. The lowest BCUT2D eigenvalue weighted by Crippen LogP contribution is -3.00. The Morgan fingerprint density at radius 1 is 1.40 bits per heavy atom. The minimum absolute atomic E-state index is 0. The van der Waals surface area contributed by atoms with E-state index >= 15 is 0 Å². The predicted octanol–water partition coefficient (Wildman–Crippen LogP) is -2.55. The van der Waals surface area contributed by atoms with E-state index in [0.717, 1.165) is 12.8 Å². The maximum Gasteiger partial charge on any atom is 0.174 e. The third-order valence-corrected chi connectivity index (χ3v) is 1.19. The Kier molecular flexibility index (Phi) is 6.72. The largest absolute Gasteiger partial charge is 1.00 e. The van der Waals surface area contributed by atoms with Gasteiger partial charge in [0.15, 0.2) is 6.29 Å². The van der Waals surface area contributed by atoms with E-state index in [-0.39, 0.29) is 12.4 Å². The molecule has 0 N–H and O–H groups in total. The second-order valence-electron chi connectivity index (χ2n) is 2.76. The Bertz CT molecular complexity index is 100. The van der Waals surface area contributed by atoms with Gasteiger partial charge >= 0.3 is 0 Å². The molecule has 0 aliphatic heterocycles. The summed E-state index contributed by atoms with van der Waals surface area (Å²) in [5.41, 5.74) is 0. The van der Waals surface area contributed by atoms with Crippen LogP contribution >= 0.6 is 0 Å². The van der Waals surface area contributed by atoms with E-state index in [0.29, 0.717) is 11.0 Å². The van der Waals surface area contributed by atoms with Crippen LogP contribution in [-0.2, 0) is 4.79 Å². The molecule has 0 spiro atoms. The lowest BCUT2D eigenvalue weighted by atomic mass is 10.4. The number of carbonyl (C=O) groups excluding carboxylic acids is 1. The van der Waals surface area contributed by atoms with Gasteiger partial charge in [-0.3, -0.25) is 4.79 Å². The fraction of sp³-hybridized carbons (Fsp3) is 0.571. The molecule has 0 amide bonds. The first-order valence-corrected chi connectivity index (χ1v) is 2.99. The fourth-order valence-corrected chi connectivity index (χ4v) is 0.626. The van der Waals surface area contributed by atoms with E-state index in [1.807, 2.05) is 20.2 Å². The molecule has 0 aromatic heterocycles. The highest BCUT2D eigenvalue weighted by atomic mass is 35.5. The van der Waals surface area contributed by atoms with Crippen LogP contribution in [0.25, 0.3) is 0 Å². The highest BCUT2D eigenvalue weighted by Gasteiger charge is 2.09. The molecule has 0 heterocycles. The molecule has 0 aliphatic carbocycles. The smallest absolute Gasteiger partial charge is 0.174 e. The number of hydrogen-bond donors (Lipinski definition) is 0. The fourth-order valence-electron chi connectivity index (χ4n) is 0.626. The molecule has 2 nitrogen and oxygen atoms in total. The zero-order chi connectivity index (χ0) is 7.33. The highest BCUT2D eigenvalue weighted by Crippen LogP contribution is 1.92. The van der Waals surface area contributed by atoms with Crippen LogP contribution in [0.2, 0.25) is 0 Å². The summed E-state index contributed by atoms with van der Waals surface area (Å²) in [7, 11) is 3.99. The number of aldehydes is 1. The lowest BCUT2D eigenvalue weighted by molar-refractivity contribution is -0.875. The van der Waals surface area contributed by atoms with Crippen LogP contribution < -0.4 is 12.4 Å². The molecule has 0 bridgehead atoms. The quantitative estimate of drug-likeness (QED) is 0.254. The molecule has 10 heavy (non-hydrogen) atoms. The van der Waals surface area contributed by atoms with Crippen LogP contribution in [0, 0.1) is 0 Å². The van der Waals surface area contributed by atoms with Gasteiger partial charge in [0.05, 0.1) is 20.6 Å². The van der Waals surface area contributed by atoms with Crippen molar-refractivity contribution in [2.75, 3.05) is 27.2 Å². The number of rotatable bonds is 4. The number of quaternary nitrogens is 1. The molecule has 0 aromatic carbocycles. The third kappa shape index (κ3) is 5.79. The van der Waals surface area contributed by atoms with Crippen molar-refractivity contribution >= 4 is 6.29 Å². The van der Waals surface area contributed by atoms with Gasteiger partial charge in [0.1, 0.15) is 6.54 Å². The molecule has 0 aromatic rings. The summed E-state index contributed by atoms with van der Waals surface area (Å²) >= 11 is 0. The normalized spacial score (nSPS) is 9.80. The average molecular weight is 164 g/mol. The molecule has 0 saturated heterocycles. The van der Waals surface area contributed by atoms with Crippen molar-refractivity contribution in [2.45, 2.75) is 0 Å². The maximum absolute atomic E-state index is 10.0. The SMILES string of the molecule is C=CC[N+](C)(C)CC=O.[Cl-]. The van der Waals surface area contributed by atoms with Gasteiger partial charge in [-0.15, -0.1) is 0 Å². The molecule has 60 valence electrons. The average Bonchev–Trinajstić information content (AvgIpc) is 1.64. The summed E-state index contributed by atoms with van der Waals surface area (Å²) in [6.45, 7) is 5.00. The van der Waals surface area contributed by atoms with E-state index < -0.39 is 0 Å². The number of nitrogens with zero attached hydrogens (tertiary/aromatic N) is 1. The van der Waals surface area contributed by atoms with Crippen LogP contribution in [0.15, 0.2) is 12.7 Å². The van der Waals surface area contributed by atoms with Gasteiger partial charge in [-0.05, 0) is 6.08 Å². The molecule has 3 heteroatoms. The first-order chi connectivity index (χ1) is 4.12. The Morgan fingerprint density at radius 2 is 1.90 bits per heavy atom. The van der Waals surface area contributed by atoms with Crippen molar-refractivity contribution in [3.63, 3.8) is 0 Å². The molecule has 0 atom stereocenters. The number of carbonyl (C=O) groups is 1. The van der Waals surface area contributed by atoms with Gasteiger partial charge in [0.25, 0.3) is 0 Å². The van der Waals surface area contributed by atoms with Crippen molar-refractivity contribution in [3.05, 3.63) is 12.7 Å². The third-order valence-electron chi connectivity index (χ3n) is 1.19. The molecule has 0 radical (unpaired) electrons. The molecule has 0 aliphatic rings. The minimum Gasteiger partial charge on any atom is -1.00 e. The number of halogens is 1. The minimum atomic E-state index is 0. The zero-order valence-electron chi connectivity index (χ0n) is 6.51. The van der Waals surface area contributed by atoms with Crippen LogP contribution in [0.3, 0.4) is 0 Å². The summed E-state index contributed by atoms with van der Waals surface area (Å²) in [4.78, 5) is 10.0. The maximum atomic E-state index is 10.0. The van der Waals surface area contributed by atoms with Crippen LogP contribution in [0.1, 0.15) is 0 Å². The van der Waals surface area contributed by atoms with Crippen molar-refractivity contribution in [2.24, 2.45) is 0 Å². The zero-order valence-corrected chi connectivity index (χ0v) is 7.27. The summed E-state index contributed by atoms with van der Waals surface area (Å²) in [6, 6.07) is 0. The van der Waals surface area contributed by atoms with E-state index in [2.05, 4.69) is 6.58 Å². The van der Waals surface area contributed by atoms with Crippen LogP contribution in [-0.4, -0.2) is 38.0 Å². The van der Waals surface area contributed by atoms with Gasteiger partial charge in [-0.25, -0.2) is 0 Å². The van der Waals surface area contributed by atoms with Gasteiger partial charge < -0.3 is 16.9 Å². The van der Waals surface area contributed by atoms with Gasteiger partial charge in [-0.1, -0.05) is 6.58 Å². The van der Waals surface area contributed by atoms with Gasteiger partial charge in [-0.2, -0.15) is 0 Å². The Morgan fingerprint density at radius 3 is 2.20 bits per heavy atom. The van der Waals surface area contributed by atoms with E-state index in [4.69, 9.17) is 0 Å². The molecule has 0 saturated carbocycles. The molecule has 0 rings (SSSR count). The molecular weight excluding hydrogens is 150 g/mol. The summed E-state index contributed by atoms with van der Waals surface area (Å²) < 4.78 is 0.701. The van der Waals surface area contributed by atoms with Crippen molar-refractivity contribution in [1.29, 1.82) is 0 Å². The Balaban J connectivity index is 0. The molecule has 0 unspecified atom stereocenters. The second-order valence-corrected chi connectivity index (χ2v) is 2.76. The first kappa shape index (κ1) is 12.3. The topological polar surface area (TPSA) is 17.1 Å². The Labute approximate surface area is 68.5 Å². The molecule has 0 fully saturated rings. The van der Waals surface area contributed by atoms with E-state index in [9.17, 15) is 4.79 Å². The van der Waals surface area contributed by atoms with E-state index in [1.165, 1.54) is 0 Å². The summed E-state index contributed by atoms with van der Waals surface area (Å²) in [6.07, 6.45) is 2.76. The summed E-state index contributed by atoms with van der Waals surface area (Å²) in [5.74, 6) is 0. The second kappa shape index (κ2) is 5.45. The highest BCUT2D eigenvalue weighted by molar-refractivity contribution is 5.50. The van der Waals surface area contributed by atoms with Gasteiger partial charge in [0, 0.05) is 0 Å². The Hall–Kier alpha value is -0.340. The standard InChI is InChI=1S/C7H14NO.ClH/c1-4-5-8(2,3)6-7-9;/h4,7H,1,5-6H2,2-3H3;1H/q+1;/p-1. The van der Waals surface area contributed by atoms with Crippen molar-refractivity contribution in [3.8, 4) is 0 Å². The van der Waals surface area contributed by atoms with Crippen LogP contribution in [0.5, 0.6) is 0 Å². The number of likely N-dealkylation sites (N-methyl/N-ethyl adjacent to an activating group) is 1. The first-order valence-electron chi connectivity index (χ1n) is 2.99. The summed E-state index contributed by atoms with van der Waals surface area (Å²) in [5, 5.41) is 0. The van der Waals surface area contributed by atoms with Gasteiger partial charge in [0.2, 0.25) is 0 Å². The lowest BCUT2D eigenvalue weighted by Gasteiger charge is -2.25. The monoisotopic (exact) mass is 163 g/mol. The van der Waals surface area contributed by atoms with Crippen molar-refractivity contribution in [1.82, 2.24) is 0 Å². The van der Waals surface area contributed by atoms with Crippen molar-refractivity contribution < 1.29 is 21.7 Å². The van der Waals surface area contributed by atoms with E-state index in [1.54, 1.807) is 0 Å².